The molecule has 5 heteroatoms. The Hall–Kier alpha value is -2.14. The number of nitro benzene ring substituents is 1. The zero-order valence-electron chi connectivity index (χ0n) is 10.00. The molecule has 0 bridgehead atoms. The molecule has 0 saturated heterocycles. The van der Waals surface area contributed by atoms with E-state index in [1.165, 1.54) is 6.07 Å². The van der Waals surface area contributed by atoms with Crippen LogP contribution in [0.2, 0.25) is 0 Å². The molecule has 1 aromatic carbocycles. The van der Waals surface area contributed by atoms with Crippen molar-refractivity contribution in [1.29, 1.82) is 0 Å². The van der Waals surface area contributed by atoms with Gasteiger partial charge >= 0.3 is 0 Å². The molecule has 0 radical (unpaired) electrons. The highest BCUT2D eigenvalue weighted by Gasteiger charge is 2.10. The van der Waals surface area contributed by atoms with Gasteiger partial charge in [-0.3, -0.25) is 10.1 Å². The number of furan rings is 1. The summed E-state index contributed by atoms with van der Waals surface area (Å²) in [6, 6.07) is 8.58. The molecule has 0 aliphatic rings. The van der Waals surface area contributed by atoms with Crippen LogP contribution < -0.4 is 5.32 Å². The SMILES string of the molecule is CC(NCc1ccoc1)c1cccc([N+](=O)[O-])c1. The maximum Gasteiger partial charge on any atom is 0.269 e. The van der Waals surface area contributed by atoms with Gasteiger partial charge in [-0.05, 0) is 18.6 Å². The second kappa shape index (κ2) is 5.46. The lowest BCUT2D eigenvalue weighted by molar-refractivity contribution is -0.384. The molecular weight excluding hydrogens is 232 g/mol. The van der Waals surface area contributed by atoms with Crippen molar-refractivity contribution in [2.75, 3.05) is 0 Å². The zero-order chi connectivity index (χ0) is 13.0. The van der Waals surface area contributed by atoms with Gasteiger partial charge in [0.15, 0.2) is 0 Å². The lowest BCUT2D eigenvalue weighted by Gasteiger charge is -2.13. The van der Waals surface area contributed by atoms with Gasteiger partial charge in [-0.1, -0.05) is 12.1 Å². The maximum atomic E-state index is 10.7. The molecule has 0 aliphatic carbocycles. The van der Waals surface area contributed by atoms with Crippen LogP contribution in [0.5, 0.6) is 0 Å². The lowest BCUT2D eigenvalue weighted by Crippen LogP contribution is -2.17. The molecule has 2 aromatic rings. The van der Waals surface area contributed by atoms with Crippen molar-refractivity contribution in [2.45, 2.75) is 19.5 Å². The Kier molecular flexibility index (Phi) is 3.74. The molecule has 0 saturated carbocycles. The first kappa shape index (κ1) is 12.3. The van der Waals surface area contributed by atoms with Crippen LogP contribution in [0.25, 0.3) is 0 Å². The molecule has 1 unspecified atom stereocenters. The average Bonchev–Trinajstić information content (AvgIpc) is 2.89. The summed E-state index contributed by atoms with van der Waals surface area (Å²) in [7, 11) is 0. The third kappa shape index (κ3) is 2.95. The zero-order valence-corrected chi connectivity index (χ0v) is 10.00. The summed E-state index contributed by atoms with van der Waals surface area (Å²) < 4.78 is 4.97. The second-order valence-corrected chi connectivity index (χ2v) is 4.09. The van der Waals surface area contributed by atoms with E-state index in [-0.39, 0.29) is 16.7 Å². The van der Waals surface area contributed by atoms with E-state index < -0.39 is 0 Å². The Balaban J connectivity index is 2.02. The first-order chi connectivity index (χ1) is 8.66. The standard InChI is InChI=1S/C13H14N2O3/c1-10(14-8-11-5-6-18-9-11)12-3-2-4-13(7-12)15(16)17/h2-7,9-10,14H,8H2,1H3. The molecule has 1 heterocycles. The number of benzene rings is 1. The van der Waals surface area contributed by atoms with E-state index in [2.05, 4.69) is 5.32 Å². The minimum atomic E-state index is -0.383. The number of rotatable bonds is 5. The minimum absolute atomic E-state index is 0.0415. The van der Waals surface area contributed by atoms with E-state index >= 15 is 0 Å². The number of nitrogens with one attached hydrogen (secondary N) is 1. The van der Waals surface area contributed by atoms with Crippen LogP contribution in [0.1, 0.15) is 24.1 Å². The molecule has 0 aliphatic heterocycles. The van der Waals surface area contributed by atoms with Crippen molar-refractivity contribution in [3.05, 3.63) is 64.1 Å². The summed E-state index contributed by atoms with van der Waals surface area (Å²) in [6.07, 6.45) is 3.29. The van der Waals surface area contributed by atoms with Gasteiger partial charge in [0.2, 0.25) is 0 Å². The second-order valence-electron chi connectivity index (χ2n) is 4.09. The predicted octanol–water partition coefficient (Wildman–Crippen LogP) is 3.04. The fraction of sp³-hybridized carbons (Fsp3) is 0.231. The van der Waals surface area contributed by atoms with Gasteiger partial charge in [0.25, 0.3) is 5.69 Å². The fourth-order valence-electron chi connectivity index (χ4n) is 1.69. The number of hydrogen-bond donors (Lipinski definition) is 1. The van der Waals surface area contributed by atoms with Crippen molar-refractivity contribution in [1.82, 2.24) is 5.32 Å². The van der Waals surface area contributed by atoms with Crippen LogP contribution in [0, 0.1) is 10.1 Å². The third-order valence-corrected chi connectivity index (χ3v) is 2.77. The van der Waals surface area contributed by atoms with Gasteiger partial charge in [0.1, 0.15) is 0 Å². The van der Waals surface area contributed by atoms with E-state index in [0.29, 0.717) is 6.54 Å². The summed E-state index contributed by atoms with van der Waals surface area (Å²) in [4.78, 5) is 10.3. The highest BCUT2D eigenvalue weighted by Crippen LogP contribution is 2.19. The van der Waals surface area contributed by atoms with Gasteiger partial charge in [-0.2, -0.15) is 0 Å². The van der Waals surface area contributed by atoms with Crippen LogP contribution in [0.15, 0.2) is 47.3 Å². The summed E-state index contributed by atoms with van der Waals surface area (Å²) in [5.74, 6) is 0. The molecular formula is C13H14N2O3. The van der Waals surface area contributed by atoms with Crippen molar-refractivity contribution in [3.8, 4) is 0 Å². The molecule has 1 N–H and O–H groups in total. The van der Waals surface area contributed by atoms with Crippen LogP contribution >= 0.6 is 0 Å². The van der Waals surface area contributed by atoms with E-state index in [4.69, 9.17) is 4.42 Å². The summed E-state index contributed by atoms with van der Waals surface area (Å²) in [5, 5.41) is 14.0. The van der Waals surface area contributed by atoms with E-state index in [9.17, 15) is 10.1 Å². The Bertz CT molecular complexity index is 523. The Labute approximate surface area is 105 Å². The van der Waals surface area contributed by atoms with Gasteiger partial charge in [0.05, 0.1) is 17.4 Å². The number of nitro groups is 1. The van der Waals surface area contributed by atoms with E-state index in [1.54, 1.807) is 24.7 Å². The predicted molar refractivity (Wildman–Crippen MR) is 67.1 cm³/mol. The largest absolute Gasteiger partial charge is 0.472 e. The number of hydrogen-bond acceptors (Lipinski definition) is 4. The Morgan fingerprint density at radius 1 is 1.44 bits per heavy atom. The summed E-state index contributed by atoms with van der Waals surface area (Å²) in [5.41, 5.74) is 2.06. The molecule has 5 nitrogen and oxygen atoms in total. The van der Waals surface area contributed by atoms with Crippen LogP contribution in [-0.2, 0) is 6.54 Å². The normalized spacial score (nSPS) is 12.3. The highest BCUT2D eigenvalue weighted by molar-refractivity contribution is 5.35. The van der Waals surface area contributed by atoms with Gasteiger partial charge in [-0.15, -0.1) is 0 Å². The molecule has 0 fully saturated rings. The summed E-state index contributed by atoms with van der Waals surface area (Å²) in [6.45, 7) is 2.64. The van der Waals surface area contributed by atoms with Gasteiger partial charge < -0.3 is 9.73 Å². The third-order valence-electron chi connectivity index (χ3n) is 2.77. The summed E-state index contributed by atoms with van der Waals surface area (Å²) >= 11 is 0. The Morgan fingerprint density at radius 3 is 2.94 bits per heavy atom. The highest BCUT2D eigenvalue weighted by atomic mass is 16.6. The monoisotopic (exact) mass is 246 g/mol. The molecule has 2 rings (SSSR count). The van der Waals surface area contributed by atoms with Crippen LogP contribution in [0.4, 0.5) is 5.69 Å². The van der Waals surface area contributed by atoms with Crippen molar-refractivity contribution >= 4 is 5.69 Å². The van der Waals surface area contributed by atoms with Crippen molar-refractivity contribution < 1.29 is 9.34 Å². The number of non-ortho nitro benzene ring substituents is 1. The van der Waals surface area contributed by atoms with Gasteiger partial charge in [0, 0.05) is 30.3 Å². The average molecular weight is 246 g/mol. The van der Waals surface area contributed by atoms with Crippen LogP contribution in [-0.4, -0.2) is 4.92 Å². The van der Waals surface area contributed by atoms with E-state index in [0.717, 1.165) is 11.1 Å². The Morgan fingerprint density at radius 2 is 2.28 bits per heavy atom. The molecule has 0 amide bonds. The van der Waals surface area contributed by atoms with Crippen molar-refractivity contribution in [2.24, 2.45) is 0 Å². The maximum absolute atomic E-state index is 10.7. The number of nitrogens with zero attached hydrogens (tertiary/aromatic N) is 1. The van der Waals surface area contributed by atoms with E-state index in [1.807, 2.05) is 19.1 Å². The molecule has 1 atom stereocenters. The fourth-order valence-corrected chi connectivity index (χ4v) is 1.69. The lowest BCUT2D eigenvalue weighted by atomic mass is 10.1. The molecule has 0 spiro atoms. The molecule has 1 aromatic heterocycles. The van der Waals surface area contributed by atoms with Gasteiger partial charge in [-0.25, -0.2) is 0 Å². The minimum Gasteiger partial charge on any atom is -0.472 e. The van der Waals surface area contributed by atoms with Crippen molar-refractivity contribution in [3.63, 3.8) is 0 Å². The smallest absolute Gasteiger partial charge is 0.269 e. The first-order valence-electron chi connectivity index (χ1n) is 5.65. The topological polar surface area (TPSA) is 68.3 Å². The molecule has 18 heavy (non-hydrogen) atoms. The molecule has 94 valence electrons. The van der Waals surface area contributed by atoms with Crippen LogP contribution in [0.3, 0.4) is 0 Å². The quantitative estimate of drug-likeness (QED) is 0.650. The first-order valence-corrected chi connectivity index (χ1v) is 5.65.